The van der Waals surface area contributed by atoms with Crippen molar-refractivity contribution in [2.45, 2.75) is 72.1 Å². The van der Waals surface area contributed by atoms with Crippen LogP contribution in [0.1, 0.15) is 88.5 Å². The SMILES string of the molecule is CCN(CC)C(=O)c1cnc(C2(c3cccc(O)c3)CCN(CCCCC(C)(C)C)CC2)nc1. The Kier molecular flexibility index (Phi) is 8.69. The first-order chi connectivity index (χ1) is 16.2. The molecule has 6 heteroatoms. The van der Waals surface area contributed by atoms with E-state index in [1.807, 2.05) is 26.0 Å². The Balaban J connectivity index is 1.78. The summed E-state index contributed by atoms with van der Waals surface area (Å²) in [5.41, 5.74) is 1.59. The van der Waals surface area contributed by atoms with E-state index < -0.39 is 0 Å². The fraction of sp³-hybridized carbons (Fsp3) is 0.607. The highest BCUT2D eigenvalue weighted by Crippen LogP contribution is 2.41. The van der Waals surface area contributed by atoms with Crippen molar-refractivity contribution in [2.24, 2.45) is 5.41 Å². The zero-order valence-electron chi connectivity index (χ0n) is 21.7. The summed E-state index contributed by atoms with van der Waals surface area (Å²) in [7, 11) is 0. The minimum absolute atomic E-state index is 0.0342. The van der Waals surface area contributed by atoms with E-state index in [2.05, 4.69) is 31.7 Å². The van der Waals surface area contributed by atoms with Crippen LogP contribution in [0.5, 0.6) is 5.75 Å². The molecular formula is C28H42N4O2. The molecule has 1 N–H and O–H groups in total. The standard InChI is InChI=1S/C28H42N4O2/c1-6-32(7-2)25(34)22-20-29-26(30-21-22)28(23-11-10-12-24(33)19-23)14-17-31(18-15-28)16-9-8-13-27(3,4)5/h10-12,19-21,33H,6-9,13-18H2,1-5H3. The fourth-order valence-electron chi connectivity index (χ4n) is 4.97. The van der Waals surface area contributed by atoms with Crippen LogP contribution in [-0.2, 0) is 5.41 Å². The highest BCUT2D eigenvalue weighted by molar-refractivity contribution is 5.93. The molecule has 186 valence electrons. The molecule has 34 heavy (non-hydrogen) atoms. The first-order valence-corrected chi connectivity index (χ1v) is 12.8. The van der Waals surface area contributed by atoms with Crippen molar-refractivity contribution in [1.29, 1.82) is 0 Å². The molecule has 1 saturated heterocycles. The number of phenols is 1. The van der Waals surface area contributed by atoms with Crippen LogP contribution in [0.25, 0.3) is 0 Å². The second-order valence-corrected chi connectivity index (χ2v) is 10.8. The van der Waals surface area contributed by atoms with Crippen LogP contribution in [0.15, 0.2) is 36.7 Å². The lowest BCUT2D eigenvalue weighted by Crippen LogP contribution is -2.44. The lowest BCUT2D eigenvalue weighted by Gasteiger charge is -2.41. The van der Waals surface area contributed by atoms with E-state index in [1.54, 1.807) is 23.4 Å². The molecule has 1 amide bonds. The number of aromatic nitrogens is 2. The van der Waals surface area contributed by atoms with E-state index in [-0.39, 0.29) is 17.1 Å². The van der Waals surface area contributed by atoms with Crippen LogP contribution < -0.4 is 0 Å². The van der Waals surface area contributed by atoms with Crippen molar-refractivity contribution < 1.29 is 9.90 Å². The maximum absolute atomic E-state index is 12.7. The van der Waals surface area contributed by atoms with Crippen LogP contribution in [0.4, 0.5) is 0 Å². The fourth-order valence-corrected chi connectivity index (χ4v) is 4.97. The van der Waals surface area contributed by atoms with Gasteiger partial charge in [-0.2, -0.15) is 0 Å². The number of hydrogen-bond acceptors (Lipinski definition) is 5. The second-order valence-electron chi connectivity index (χ2n) is 10.8. The molecule has 3 rings (SSSR count). The average Bonchev–Trinajstić information content (AvgIpc) is 2.82. The molecule has 0 radical (unpaired) electrons. The van der Waals surface area contributed by atoms with Crippen molar-refractivity contribution in [3.05, 3.63) is 53.6 Å². The summed E-state index contributed by atoms with van der Waals surface area (Å²) in [6.45, 7) is 15.2. The summed E-state index contributed by atoms with van der Waals surface area (Å²) in [6, 6.07) is 7.51. The van der Waals surface area contributed by atoms with Crippen LogP contribution in [0.3, 0.4) is 0 Å². The van der Waals surface area contributed by atoms with Crippen molar-refractivity contribution >= 4 is 5.91 Å². The van der Waals surface area contributed by atoms with Gasteiger partial charge >= 0.3 is 0 Å². The van der Waals surface area contributed by atoms with Gasteiger partial charge in [0.1, 0.15) is 11.6 Å². The normalized spacial score (nSPS) is 16.4. The summed E-state index contributed by atoms with van der Waals surface area (Å²) in [6.07, 6.45) is 8.84. The van der Waals surface area contributed by atoms with Crippen LogP contribution in [-0.4, -0.2) is 63.5 Å². The molecule has 1 aromatic carbocycles. The van der Waals surface area contributed by atoms with Gasteiger partial charge < -0.3 is 14.9 Å². The van der Waals surface area contributed by atoms with Gasteiger partial charge in [0.05, 0.1) is 11.0 Å². The Bertz CT molecular complexity index is 924. The van der Waals surface area contributed by atoms with Gasteiger partial charge in [0.2, 0.25) is 0 Å². The van der Waals surface area contributed by atoms with Gasteiger partial charge in [-0.05, 0) is 82.3 Å². The number of unbranched alkanes of at least 4 members (excludes halogenated alkanes) is 1. The van der Waals surface area contributed by atoms with E-state index in [9.17, 15) is 9.90 Å². The average molecular weight is 467 g/mol. The Labute approximate surface area is 205 Å². The molecule has 0 spiro atoms. The number of phenolic OH excluding ortho intramolecular Hbond substituents is 1. The number of hydrogen-bond donors (Lipinski definition) is 1. The Morgan fingerprint density at radius 2 is 1.74 bits per heavy atom. The van der Waals surface area contributed by atoms with Gasteiger partial charge in [0, 0.05) is 25.5 Å². The Morgan fingerprint density at radius 1 is 1.09 bits per heavy atom. The molecule has 1 fully saturated rings. The minimum Gasteiger partial charge on any atom is -0.508 e. The molecule has 1 aromatic heterocycles. The summed E-state index contributed by atoms with van der Waals surface area (Å²) in [5, 5.41) is 10.2. The monoisotopic (exact) mass is 466 g/mol. The van der Waals surface area contributed by atoms with Crippen LogP contribution in [0.2, 0.25) is 0 Å². The number of aromatic hydroxyl groups is 1. The van der Waals surface area contributed by atoms with Gasteiger partial charge in [0.15, 0.2) is 0 Å². The quantitative estimate of drug-likeness (QED) is 0.510. The lowest BCUT2D eigenvalue weighted by atomic mass is 9.71. The van der Waals surface area contributed by atoms with Crippen LogP contribution >= 0.6 is 0 Å². The molecule has 0 bridgehead atoms. The molecule has 2 aromatic rings. The largest absolute Gasteiger partial charge is 0.508 e. The van der Waals surface area contributed by atoms with Gasteiger partial charge in [-0.25, -0.2) is 9.97 Å². The Hall–Kier alpha value is -2.47. The first kappa shape index (κ1) is 26.1. The zero-order valence-corrected chi connectivity index (χ0v) is 21.7. The number of likely N-dealkylation sites (tertiary alicyclic amines) is 1. The van der Waals surface area contributed by atoms with Crippen molar-refractivity contribution in [1.82, 2.24) is 19.8 Å². The predicted molar refractivity (Wildman–Crippen MR) is 137 cm³/mol. The molecule has 1 aliphatic heterocycles. The maximum atomic E-state index is 12.7. The van der Waals surface area contributed by atoms with E-state index in [1.165, 1.54) is 19.3 Å². The van der Waals surface area contributed by atoms with Gasteiger partial charge in [-0.15, -0.1) is 0 Å². The maximum Gasteiger partial charge on any atom is 0.256 e. The van der Waals surface area contributed by atoms with Crippen LogP contribution in [0, 0.1) is 5.41 Å². The lowest BCUT2D eigenvalue weighted by molar-refractivity contribution is 0.0771. The van der Waals surface area contributed by atoms with Crippen molar-refractivity contribution in [3.8, 4) is 5.75 Å². The van der Waals surface area contributed by atoms with E-state index in [0.29, 0.717) is 24.1 Å². The minimum atomic E-state index is -0.364. The van der Waals surface area contributed by atoms with Gasteiger partial charge in [-0.3, -0.25) is 4.79 Å². The number of carbonyl (C=O) groups is 1. The molecule has 1 aliphatic rings. The highest BCUT2D eigenvalue weighted by Gasteiger charge is 2.40. The first-order valence-electron chi connectivity index (χ1n) is 12.8. The molecule has 0 saturated carbocycles. The summed E-state index contributed by atoms with van der Waals surface area (Å²) >= 11 is 0. The molecule has 2 heterocycles. The number of benzene rings is 1. The van der Waals surface area contributed by atoms with E-state index >= 15 is 0 Å². The summed E-state index contributed by atoms with van der Waals surface area (Å²) in [4.78, 5) is 26.5. The molecule has 0 atom stereocenters. The molecule has 0 aliphatic carbocycles. The third-order valence-corrected chi connectivity index (χ3v) is 7.14. The summed E-state index contributed by atoms with van der Waals surface area (Å²) in [5.74, 6) is 0.962. The molecular weight excluding hydrogens is 424 g/mol. The third-order valence-electron chi connectivity index (χ3n) is 7.14. The highest BCUT2D eigenvalue weighted by atomic mass is 16.3. The number of nitrogens with zero attached hydrogens (tertiary/aromatic N) is 4. The smallest absolute Gasteiger partial charge is 0.256 e. The second kappa shape index (κ2) is 11.3. The van der Waals surface area contributed by atoms with E-state index in [0.717, 1.165) is 43.9 Å². The number of rotatable bonds is 9. The van der Waals surface area contributed by atoms with Gasteiger partial charge in [0.25, 0.3) is 5.91 Å². The van der Waals surface area contributed by atoms with Crippen molar-refractivity contribution in [2.75, 3.05) is 32.7 Å². The number of carbonyl (C=O) groups excluding carboxylic acids is 1. The summed E-state index contributed by atoms with van der Waals surface area (Å²) < 4.78 is 0. The predicted octanol–water partition coefficient (Wildman–Crippen LogP) is 5.26. The Morgan fingerprint density at radius 3 is 2.29 bits per heavy atom. The molecule has 0 unspecified atom stereocenters. The van der Waals surface area contributed by atoms with E-state index in [4.69, 9.17) is 9.97 Å². The topological polar surface area (TPSA) is 69.6 Å². The molecule has 6 nitrogen and oxygen atoms in total. The third kappa shape index (κ3) is 6.35. The zero-order chi connectivity index (χ0) is 24.8. The van der Waals surface area contributed by atoms with Gasteiger partial charge in [-0.1, -0.05) is 39.3 Å². The number of amides is 1. The number of piperidine rings is 1. The van der Waals surface area contributed by atoms with Crippen molar-refractivity contribution in [3.63, 3.8) is 0 Å².